The molecular weight excluding hydrogens is 246 g/mol. The van der Waals surface area contributed by atoms with E-state index in [0.29, 0.717) is 12.0 Å². The second-order valence-electron chi connectivity index (χ2n) is 6.37. The van der Waals surface area contributed by atoms with Gasteiger partial charge in [0.05, 0.1) is 6.07 Å². The third-order valence-corrected chi connectivity index (χ3v) is 3.94. The molecule has 0 saturated carbocycles. The van der Waals surface area contributed by atoms with E-state index in [0.717, 1.165) is 19.6 Å². The Bertz CT molecular complexity index is 463. The Morgan fingerprint density at radius 3 is 2.70 bits per heavy atom. The van der Waals surface area contributed by atoms with Crippen LogP contribution in [0.2, 0.25) is 0 Å². The van der Waals surface area contributed by atoms with Gasteiger partial charge in [-0.05, 0) is 45.2 Å². The number of benzene rings is 1. The van der Waals surface area contributed by atoms with Crippen molar-refractivity contribution in [2.75, 3.05) is 19.6 Å². The quantitative estimate of drug-likeness (QED) is 0.895. The van der Waals surface area contributed by atoms with Crippen molar-refractivity contribution in [1.29, 1.82) is 5.26 Å². The summed E-state index contributed by atoms with van der Waals surface area (Å²) in [7, 11) is 0. The van der Waals surface area contributed by atoms with E-state index in [4.69, 9.17) is 0 Å². The van der Waals surface area contributed by atoms with Crippen LogP contribution in [0, 0.1) is 11.3 Å². The molecule has 2 rings (SSSR count). The largest absolute Gasteiger partial charge is 0.300 e. The fourth-order valence-electron chi connectivity index (χ4n) is 3.17. The highest BCUT2D eigenvalue weighted by molar-refractivity contribution is 5.21. The van der Waals surface area contributed by atoms with Crippen LogP contribution in [0.4, 0.5) is 0 Å². The molecule has 1 aromatic rings. The minimum absolute atomic E-state index is 0.326. The summed E-state index contributed by atoms with van der Waals surface area (Å²) in [5.41, 5.74) is 0.963. The summed E-state index contributed by atoms with van der Waals surface area (Å²) in [5.74, 6) is 0.609. The molecule has 0 aromatic heterocycles. The van der Waals surface area contributed by atoms with Crippen LogP contribution in [-0.4, -0.2) is 36.1 Å². The van der Waals surface area contributed by atoms with E-state index in [1.807, 2.05) is 6.92 Å². The van der Waals surface area contributed by atoms with Gasteiger partial charge in [-0.2, -0.15) is 5.26 Å². The smallest absolute Gasteiger partial charge is 0.116 e. The minimum Gasteiger partial charge on any atom is -0.300 e. The second-order valence-corrected chi connectivity index (χ2v) is 6.37. The number of nitrogens with zero attached hydrogens (tertiary/aromatic N) is 2. The van der Waals surface area contributed by atoms with Crippen molar-refractivity contribution in [1.82, 2.24) is 10.2 Å². The third-order valence-electron chi connectivity index (χ3n) is 3.94. The van der Waals surface area contributed by atoms with E-state index < -0.39 is 5.54 Å². The van der Waals surface area contributed by atoms with Crippen molar-refractivity contribution in [2.24, 2.45) is 0 Å². The van der Waals surface area contributed by atoms with E-state index in [1.165, 1.54) is 12.0 Å². The molecule has 1 aliphatic heterocycles. The highest BCUT2D eigenvalue weighted by Crippen LogP contribution is 2.27. The van der Waals surface area contributed by atoms with Crippen molar-refractivity contribution >= 4 is 0 Å². The second kappa shape index (κ2) is 6.39. The lowest BCUT2D eigenvalue weighted by atomic mass is 9.98. The molecule has 1 fully saturated rings. The first-order chi connectivity index (χ1) is 9.52. The monoisotopic (exact) mass is 271 g/mol. The first-order valence-electron chi connectivity index (χ1n) is 7.49. The van der Waals surface area contributed by atoms with Crippen LogP contribution in [0.25, 0.3) is 0 Å². The van der Waals surface area contributed by atoms with Crippen molar-refractivity contribution < 1.29 is 0 Å². The molecule has 1 aromatic carbocycles. The van der Waals surface area contributed by atoms with Crippen LogP contribution in [0.1, 0.15) is 38.7 Å². The maximum Gasteiger partial charge on any atom is 0.116 e. The predicted molar refractivity (Wildman–Crippen MR) is 82.5 cm³/mol. The van der Waals surface area contributed by atoms with Gasteiger partial charge in [0.1, 0.15) is 5.54 Å². The Morgan fingerprint density at radius 2 is 2.10 bits per heavy atom. The first-order valence-corrected chi connectivity index (χ1v) is 7.49. The number of nitrogens with one attached hydrogen (secondary N) is 1. The molecular formula is C17H25N3. The van der Waals surface area contributed by atoms with Gasteiger partial charge >= 0.3 is 0 Å². The molecule has 0 radical (unpaired) electrons. The summed E-state index contributed by atoms with van der Waals surface area (Å²) in [6, 6.07) is 13.5. The Hall–Kier alpha value is -1.37. The fourth-order valence-corrected chi connectivity index (χ4v) is 3.17. The van der Waals surface area contributed by atoms with Gasteiger partial charge in [-0.1, -0.05) is 30.3 Å². The highest BCUT2D eigenvalue weighted by atomic mass is 15.2. The molecule has 0 spiro atoms. The molecule has 1 N–H and O–H groups in total. The number of likely N-dealkylation sites (tertiary alicyclic amines) is 1. The summed E-state index contributed by atoms with van der Waals surface area (Å²) in [4.78, 5) is 2.41. The standard InChI is InChI=1S/C17H25N3/c1-14(2)19-17(3,12-18)13-20-10-9-16(11-20)15-7-5-4-6-8-15/h4-8,14,16,19H,9-11,13H2,1-3H3. The van der Waals surface area contributed by atoms with Gasteiger partial charge in [0.25, 0.3) is 0 Å². The Kier molecular flexibility index (Phi) is 4.80. The number of rotatable bonds is 5. The molecule has 20 heavy (non-hydrogen) atoms. The van der Waals surface area contributed by atoms with Gasteiger partial charge < -0.3 is 0 Å². The summed E-state index contributed by atoms with van der Waals surface area (Å²) in [6.45, 7) is 9.12. The topological polar surface area (TPSA) is 39.1 Å². The molecule has 1 heterocycles. The lowest BCUT2D eigenvalue weighted by Crippen LogP contribution is -2.52. The summed E-state index contributed by atoms with van der Waals surface area (Å²) >= 11 is 0. The van der Waals surface area contributed by atoms with E-state index in [2.05, 4.69) is 60.5 Å². The summed E-state index contributed by atoms with van der Waals surface area (Å²) < 4.78 is 0. The molecule has 2 unspecified atom stereocenters. The SMILES string of the molecule is CC(C)NC(C)(C#N)CN1CCC(c2ccccc2)C1. The van der Waals surface area contributed by atoms with E-state index >= 15 is 0 Å². The van der Waals surface area contributed by atoms with Gasteiger partial charge in [0.15, 0.2) is 0 Å². The Balaban J connectivity index is 1.95. The van der Waals surface area contributed by atoms with Crippen molar-refractivity contribution in [3.05, 3.63) is 35.9 Å². The van der Waals surface area contributed by atoms with E-state index in [-0.39, 0.29) is 0 Å². The van der Waals surface area contributed by atoms with Crippen molar-refractivity contribution in [3.63, 3.8) is 0 Å². The van der Waals surface area contributed by atoms with Gasteiger partial charge in [-0.25, -0.2) is 0 Å². The maximum atomic E-state index is 9.44. The first kappa shape index (κ1) is 15.0. The molecule has 108 valence electrons. The maximum absolute atomic E-state index is 9.44. The van der Waals surface area contributed by atoms with Crippen LogP contribution in [0.5, 0.6) is 0 Å². The molecule has 0 aliphatic carbocycles. The van der Waals surface area contributed by atoms with Crippen LogP contribution in [-0.2, 0) is 0 Å². The normalized spacial score (nSPS) is 22.6. The third kappa shape index (κ3) is 3.82. The average Bonchev–Trinajstić information content (AvgIpc) is 2.87. The Morgan fingerprint density at radius 1 is 1.40 bits per heavy atom. The lowest BCUT2D eigenvalue weighted by Gasteiger charge is -2.30. The van der Waals surface area contributed by atoms with Crippen LogP contribution < -0.4 is 5.32 Å². The summed E-state index contributed by atoms with van der Waals surface area (Å²) in [5, 5.41) is 12.8. The molecule has 3 heteroatoms. The molecule has 1 aliphatic rings. The van der Waals surface area contributed by atoms with Gasteiger partial charge in [0.2, 0.25) is 0 Å². The number of hydrogen-bond acceptors (Lipinski definition) is 3. The number of hydrogen-bond donors (Lipinski definition) is 1. The molecule has 2 atom stereocenters. The molecule has 0 amide bonds. The van der Waals surface area contributed by atoms with Gasteiger partial charge in [-0.3, -0.25) is 10.2 Å². The Labute approximate surface area is 122 Å². The predicted octanol–water partition coefficient (Wildman–Crippen LogP) is 2.76. The lowest BCUT2D eigenvalue weighted by molar-refractivity contribution is 0.249. The van der Waals surface area contributed by atoms with Crippen molar-refractivity contribution in [2.45, 2.75) is 44.7 Å². The zero-order valence-corrected chi connectivity index (χ0v) is 12.8. The fraction of sp³-hybridized carbons (Fsp3) is 0.588. The van der Waals surface area contributed by atoms with Crippen LogP contribution in [0.15, 0.2) is 30.3 Å². The zero-order valence-electron chi connectivity index (χ0n) is 12.8. The van der Waals surface area contributed by atoms with Crippen LogP contribution >= 0.6 is 0 Å². The average molecular weight is 271 g/mol. The molecule has 1 saturated heterocycles. The molecule has 3 nitrogen and oxygen atoms in total. The van der Waals surface area contributed by atoms with Crippen molar-refractivity contribution in [3.8, 4) is 6.07 Å². The van der Waals surface area contributed by atoms with Gasteiger partial charge in [0, 0.05) is 19.1 Å². The number of nitriles is 1. The minimum atomic E-state index is -0.459. The molecule has 0 bridgehead atoms. The highest BCUT2D eigenvalue weighted by Gasteiger charge is 2.31. The van der Waals surface area contributed by atoms with E-state index in [9.17, 15) is 5.26 Å². The van der Waals surface area contributed by atoms with E-state index in [1.54, 1.807) is 0 Å². The zero-order chi connectivity index (χ0) is 14.6. The van der Waals surface area contributed by atoms with Gasteiger partial charge in [-0.15, -0.1) is 0 Å². The summed E-state index contributed by atoms with van der Waals surface area (Å²) in [6.07, 6.45) is 1.19. The van der Waals surface area contributed by atoms with Crippen LogP contribution in [0.3, 0.4) is 0 Å².